The molecule has 174 valence electrons. The van der Waals surface area contributed by atoms with Gasteiger partial charge in [0, 0.05) is 13.5 Å². The van der Waals surface area contributed by atoms with Crippen LogP contribution in [0.3, 0.4) is 0 Å². The highest BCUT2D eigenvalue weighted by Gasteiger charge is 2.54. The van der Waals surface area contributed by atoms with Gasteiger partial charge < -0.3 is 33.5 Å². The molecule has 3 rings (SSSR count). The van der Waals surface area contributed by atoms with Gasteiger partial charge in [-0.3, -0.25) is 4.79 Å². The third-order valence-corrected chi connectivity index (χ3v) is 4.62. The van der Waals surface area contributed by atoms with Gasteiger partial charge in [-0.2, -0.15) is 0 Å². The van der Waals surface area contributed by atoms with Gasteiger partial charge in [0.2, 0.25) is 0 Å². The molecule has 0 radical (unpaired) electrons. The van der Waals surface area contributed by atoms with Crippen LogP contribution in [0, 0.1) is 0 Å². The van der Waals surface area contributed by atoms with Crippen LogP contribution in [0.1, 0.15) is 38.9 Å². The standard InChI is InChI=1S/C19H25NO7.C3H3NO/c1-5-6-9-16(21)26-15-12-18(2,24-4)11-14(23-3)19(15,27-17(20)22)13-8-7-10-25-13;1-2-5-3-4-1/h7-8,10-12H,5-6,9H2,1-4H3,(H2,20,22);1-3H. The minimum atomic E-state index is -1.77. The molecule has 0 saturated carbocycles. The van der Waals surface area contributed by atoms with Crippen molar-refractivity contribution in [2.24, 2.45) is 5.73 Å². The van der Waals surface area contributed by atoms with Crippen LogP contribution >= 0.6 is 0 Å². The second kappa shape index (κ2) is 11.2. The second-order valence-electron chi connectivity index (χ2n) is 6.94. The lowest BCUT2D eigenvalue weighted by Gasteiger charge is -2.39. The van der Waals surface area contributed by atoms with Gasteiger partial charge in [0.15, 0.2) is 23.7 Å². The zero-order valence-corrected chi connectivity index (χ0v) is 18.5. The van der Waals surface area contributed by atoms with Crippen LogP contribution in [0.4, 0.5) is 4.79 Å². The minimum absolute atomic E-state index is 0.0129. The number of carbonyl (C=O) groups is 2. The molecular formula is C22H28N2O8. The first-order chi connectivity index (χ1) is 15.3. The molecule has 2 aromatic rings. The zero-order valence-electron chi connectivity index (χ0n) is 18.5. The highest BCUT2D eigenvalue weighted by molar-refractivity contribution is 5.72. The fourth-order valence-electron chi connectivity index (χ4n) is 3.00. The molecule has 1 aliphatic carbocycles. The van der Waals surface area contributed by atoms with E-state index < -0.39 is 23.3 Å². The van der Waals surface area contributed by atoms with Gasteiger partial charge in [0.05, 0.1) is 19.6 Å². The molecule has 1 amide bonds. The molecule has 0 fully saturated rings. The minimum Gasteiger partial charge on any atom is -0.496 e. The molecule has 2 atom stereocenters. The van der Waals surface area contributed by atoms with E-state index in [-0.39, 0.29) is 23.7 Å². The molecule has 2 N–H and O–H groups in total. The summed E-state index contributed by atoms with van der Waals surface area (Å²) in [5, 5.41) is 0. The van der Waals surface area contributed by atoms with E-state index in [0.29, 0.717) is 6.42 Å². The lowest BCUT2D eigenvalue weighted by atomic mass is 9.84. The number of esters is 1. The maximum Gasteiger partial charge on any atom is 0.406 e. The second-order valence-corrected chi connectivity index (χ2v) is 6.94. The maximum absolute atomic E-state index is 12.3. The van der Waals surface area contributed by atoms with Crippen molar-refractivity contribution in [2.75, 3.05) is 14.2 Å². The maximum atomic E-state index is 12.3. The molecule has 0 aromatic carbocycles. The summed E-state index contributed by atoms with van der Waals surface area (Å²) in [5.41, 5.74) is 2.58. The quantitative estimate of drug-likeness (QED) is 0.598. The van der Waals surface area contributed by atoms with Gasteiger partial charge in [-0.25, -0.2) is 9.78 Å². The summed E-state index contributed by atoms with van der Waals surface area (Å²) in [6, 6.07) is 3.17. The molecule has 2 heterocycles. The molecule has 10 nitrogen and oxygen atoms in total. The van der Waals surface area contributed by atoms with Crippen LogP contribution in [0.15, 0.2) is 69.8 Å². The molecule has 2 aromatic heterocycles. The molecule has 0 spiro atoms. The number of primary amides is 1. The molecule has 0 bridgehead atoms. The van der Waals surface area contributed by atoms with Gasteiger partial charge in [-0.05, 0) is 37.6 Å². The largest absolute Gasteiger partial charge is 0.496 e. The number of unbranched alkanes of at least 4 members (excludes halogenated alkanes) is 1. The van der Waals surface area contributed by atoms with Crippen molar-refractivity contribution >= 4 is 12.1 Å². The molecule has 10 heteroatoms. The Hall–Kier alpha value is -3.53. The number of hydrogen-bond donors (Lipinski definition) is 1. The first-order valence-electron chi connectivity index (χ1n) is 9.92. The lowest BCUT2D eigenvalue weighted by molar-refractivity contribution is -0.145. The lowest BCUT2D eigenvalue weighted by Crippen LogP contribution is -2.45. The van der Waals surface area contributed by atoms with E-state index in [1.165, 1.54) is 39.2 Å². The van der Waals surface area contributed by atoms with Crippen LogP contribution in [-0.4, -0.2) is 36.9 Å². The van der Waals surface area contributed by atoms with E-state index in [2.05, 4.69) is 9.40 Å². The fraction of sp³-hybridized carbons (Fsp3) is 0.409. The van der Waals surface area contributed by atoms with Gasteiger partial charge in [0.25, 0.3) is 5.60 Å². The van der Waals surface area contributed by atoms with Crippen LogP contribution < -0.4 is 5.73 Å². The molecule has 2 unspecified atom stereocenters. The molecule has 0 aliphatic heterocycles. The number of nitrogens with zero attached hydrogens (tertiary/aromatic N) is 1. The van der Waals surface area contributed by atoms with Crippen molar-refractivity contribution in [3.8, 4) is 0 Å². The summed E-state index contributed by atoms with van der Waals surface area (Å²) >= 11 is 0. The molecule has 32 heavy (non-hydrogen) atoms. The predicted molar refractivity (Wildman–Crippen MR) is 112 cm³/mol. The van der Waals surface area contributed by atoms with Crippen molar-refractivity contribution in [3.05, 3.63) is 66.7 Å². The Kier molecular flexibility index (Phi) is 8.65. The van der Waals surface area contributed by atoms with Crippen molar-refractivity contribution < 1.29 is 37.4 Å². The Morgan fingerprint density at radius 2 is 1.94 bits per heavy atom. The van der Waals surface area contributed by atoms with Gasteiger partial charge in [0.1, 0.15) is 11.9 Å². The number of oxazole rings is 1. The molecule has 0 saturated heterocycles. The fourth-order valence-corrected chi connectivity index (χ4v) is 3.00. The number of aromatic nitrogens is 1. The van der Waals surface area contributed by atoms with E-state index in [1.54, 1.807) is 31.3 Å². The van der Waals surface area contributed by atoms with Crippen molar-refractivity contribution in [3.63, 3.8) is 0 Å². The number of methoxy groups -OCH3 is 2. The van der Waals surface area contributed by atoms with Crippen molar-refractivity contribution in [2.45, 2.75) is 44.3 Å². The highest BCUT2D eigenvalue weighted by atomic mass is 16.6. The summed E-state index contributed by atoms with van der Waals surface area (Å²) in [5.74, 6) is -0.188. The number of hydrogen-bond acceptors (Lipinski definition) is 9. The average molecular weight is 448 g/mol. The SMILES string of the molecule is CCCCC(=O)OC1=CC(C)(OC)C=C(OC)C1(OC(N)=O)c1ccco1.c1cocn1. The van der Waals surface area contributed by atoms with Crippen LogP contribution in [0.25, 0.3) is 0 Å². The van der Waals surface area contributed by atoms with E-state index in [1.807, 2.05) is 6.92 Å². The number of nitrogens with two attached hydrogens (primary N) is 1. The Morgan fingerprint density at radius 3 is 2.41 bits per heavy atom. The number of furan rings is 1. The smallest absolute Gasteiger partial charge is 0.406 e. The average Bonchev–Trinajstić information content (AvgIpc) is 3.50. The van der Waals surface area contributed by atoms with E-state index in [4.69, 9.17) is 29.1 Å². The van der Waals surface area contributed by atoms with Gasteiger partial charge >= 0.3 is 12.1 Å². The van der Waals surface area contributed by atoms with Crippen LogP contribution in [-0.2, 0) is 29.3 Å². The normalized spacial score (nSPS) is 22.0. The van der Waals surface area contributed by atoms with Crippen LogP contribution in [0.2, 0.25) is 0 Å². The number of carbonyl (C=O) groups excluding carboxylic acids is 2. The monoisotopic (exact) mass is 448 g/mol. The first-order valence-corrected chi connectivity index (χ1v) is 9.92. The Morgan fingerprint density at radius 1 is 1.19 bits per heavy atom. The predicted octanol–water partition coefficient (Wildman–Crippen LogP) is 3.81. The van der Waals surface area contributed by atoms with Gasteiger partial charge in [-0.15, -0.1) is 0 Å². The summed E-state index contributed by atoms with van der Waals surface area (Å²) in [6.07, 6.45) is 9.60. The zero-order chi connectivity index (χ0) is 23.6. The Bertz CT molecular complexity index is 903. The summed E-state index contributed by atoms with van der Waals surface area (Å²) in [4.78, 5) is 27.6. The number of rotatable bonds is 8. The molecular weight excluding hydrogens is 420 g/mol. The third kappa shape index (κ3) is 5.79. The summed E-state index contributed by atoms with van der Waals surface area (Å²) in [6.45, 7) is 3.70. The Labute approximate surface area is 186 Å². The van der Waals surface area contributed by atoms with E-state index in [9.17, 15) is 9.59 Å². The van der Waals surface area contributed by atoms with Crippen LogP contribution in [0.5, 0.6) is 0 Å². The summed E-state index contributed by atoms with van der Waals surface area (Å²) in [7, 11) is 2.89. The summed E-state index contributed by atoms with van der Waals surface area (Å²) < 4.78 is 31.9. The Balaban J connectivity index is 0.000000636. The third-order valence-electron chi connectivity index (χ3n) is 4.62. The number of amides is 1. The topological polar surface area (TPSA) is 136 Å². The van der Waals surface area contributed by atoms with Gasteiger partial charge in [-0.1, -0.05) is 13.3 Å². The molecule has 1 aliphatic rings. The van der Waals surface area contributed by atoms with Crippen molar-refractivity contribution in [1.29, 1.82) is 0 Å². The van der Waals surface area contributed by atoms with Crippen molar-refractivity contribution in [1.82, 2.24) is 4.98 Å². The van der Waals surface area contributed by atoms with E-state index >= 15 is 0 Å². The number of ether oxygens (including phenoxy) is 4. The van der Waals surface area contributed by atoms with E-state index in [0.717, 1.165) is 6.42 Å². The highest BCUT2D eigenvalue weighted by Crippen LogP contribution is 2.47. The first kappa shape index (κ1) is 24.7.